The van der Waals surface area contributed by atoms with Gasteiger partial charge in [0.1, 0.15) is 11.8 Å². The molecule has 2 rings (SSSR count). The van der Waals surface area contributed by atoms with E-state index in [1.54, 1.807) is 19.3 Å². The van der Waals surface area contributed by atoms with Crippen molar-refractivity contribution in [3.05, 3.63) is 24.2 Å². The third-order valence-electron chi connectivity index (χ3n) is 2.95. The predicted molar refractivity (Wildman–Crippen MR) is 59.2 cm³/mol. The molecule has 5 heteroatoms. The molecule has 1 fully saturated rings. The standard InChI is InChI=1S/C12H15NO4/c1-7(12(15)16-2)13-11(14)9-6-8(9)10-4-3-5-17-10/h3-5,7-9H,6H2,1-2H3,(H,13,14)/t7-,8-,9+/m1/s1. The van der Waals surface area contributed by atoms with Crippen LogP contribution in [0, 0.1) is 5.92 Å². The molecule has 3 atom stereocenters. The zero-order valence-corrected chi connectivity index (χ0v) is 9.80. The van der Waals surface area contributed by atoms with Gasteiger partial charge in [-0.05, 0) is 25.5 Å². The molecule has 0 unspecified atom stereocenters. The van der Waals surface area contributed by atoms with E-state index in [-0.39, 0.29) is 17.7 Å². The van der Waals surface area contributed by atoms with Gasteiger partial charge in [-0.15, -0.1) is 0 Å². The predicted octanol–water partition coefficient (Wildman–Crippen LogP) is 1.06. The Morgan fingerprint density at radius 1 is 1.59 bits per heavy atom. The summed E-state index contributed by atoms with van der Waals surface area (Å²) in [5, 5.41) is 2.63. The zero-order chi connectivity index (χ0) is 12.4. The minimum atomic E-state index is -0.606. The molecule has 1 aromatic heterocycles. The summed E-state index contributed by atoms with van der Waals surface area (Å²) in [6.07, 6.45) is 2.37. The van der Waals surface area contributed by atoms with E-state index in [4.69, 9.17) is 4.42 Å². The summed E-state index contributed by atoms with van der Waals surface area (Å²) < 4.78 is 9.78. The zero-order valence-electron chi connectivity index (χ0n) is 9.80. The topological polar surface area (TPSA) is 68.5 Å². The second kappa shape index (κ2) is 4.61. The average Bonchev–Trinajstić information content (AvgIpc) is 2.95. The van der Waals surface area contributed by atoms with Gasteiger partial charge in [-0.25, -0.2) is 4.79 Å². The van der Waals surface area contributed by atoms with Crippen LogP contribution in [0.1, 0.15) is 25.0 Å². The first-order chi connectivity index (χ1) is 8.13. The van der Waals surface area contributed by atoms with Crippen LogP contribution in [0.5, 0.6) is 0 Å². The molecule has 0 saturated heterocycles. The van der Waals surface area contributed by atoms with Crippen LogP contribution in [0.3, 0.4) is 0 Å². The molecule has 1 N–H and O–H groups in total. The molecule has 1 saturated carbocycles. The first kappa shape index (κ1) is 11.7. The molecule has 0 aliphatic heterocycles. The molecular formula is C12H15NO4. The van der Waals surface area contributed by atoms with Gasteiger partial charge in [0.15, 0.2) is 0 Å². The summed E-state index contributed by atoms with van der Waals surface area (Å²) in [5.74, 6) is 0.330. The van der Waals surface area contributed by atoms with Crippen LogP contribution in [0.25, 0.3) is 0 Å². The summed E-state index contributed by atoms with van der Waals surface area (Å²) in [7, 11) is 1.30. The Labute approximate surface area is 99.1 Å². The van der Waals surface area contributed by atoms with Gasteiger partial charge in [-0.2, -0.15) is 0 Å². The summed E-state index contributed by atoms with van der Waals surface area (Å²) in [6, 6.07) is 3.06. The van der Waals surface area contributed by atoms with Gasteiger partial charge in [0.05, 0.1) is 13.4 Å². The lowest BCUT2D eigenvalue weighted by Crippen LogP contribution is -2.40. The number of esters is 1. The fraction of sp³-hybridized carbons (Fsp3) is 0.500. The van der Waals surface area contributed by atoms with Crippen LogP contribution >= 0.6 is 0 Å². The monoisotopic (exact) mass is 237 g/mol. The van der Waals surface area contributed by atoms with Crippen molar-refractivity contribution in [1.82, 2.24) is 5.32 Å². The molecule has 17 heavy (non-hydrogen) atoms. The van der Waals surface area contributed by atoms with E-state index < -0.39 is 12.0 Å². The number of amides is 1. The lowest BCUT2D eigenvalue weighted by atomic mass is 10.2. The van der Waals surface area contributed by atoms with Gasteiger partial charge < -0.3 is 14.5 Å². The van der Waals surface area contributed by atoms with Crippen molar-refractivity contribution in [2.75, 3.05) is 7.11 Å². The van der Waals surface area contributed by atoms with Crippen LogP contribution in [0.15, 0.2) is 22.8 Å². The van der Waals surface area contributed by atoms with Crippen LogP contribution in [0.2, 0.25) is 0 Å². The van der Waals surface area contributed by atoms with E-state index in [1.165, 1.54) is 7.11 Å². The van der Waals surface area contributed by atoms with Crippen molar-refractivity contribution in [2.24, 2.45) is 5.92 Å². The van der Waals surface area contributed by atoms with Crippen LogP contribution in [-0.2, 0) is 14.3 Å². The summed E-state index contributed by atoms with van der Waals surface area (Å²) in [5.41, 5.74) is 0. The minimum Gasteiger partial charge on any atom is -0.469 e. The molecule has 1 amide bonds. The highest BCUT2D eigenvalue weighted by Crippen LogP contribution is 2.47. The highest BCUT2D eigenvalue weighted by Gasteiger charge is 2.46. The molecule has 1 heterocycles. The maximum atomic E-state index is 11.8. The number of hydrogen-bond donors (Lipinski definition) is 1. The number of ether oxygens (including phenoxy) is 1. The van der Waals surface area contributed by atoms with Crippen molar-refractivity contribution < 1.29 is 18.7 Å². The number of nitrogens with one attached hydrogen (secondary N) is 1. The van der Waals surface area contributed by atoms with Gasteiger partial charge in [0, 0.05) is 11.8 Å². The number of carbonyl (C=O) groups is 2. The van der Waals surface area contributed by atoms with E-state index in [2.05, 4.69) is 10.1 Å². The third-order valence-corrected chi connectivity index (χ3v) is 2.95. The van der Waals surface area contributed by atoms with E-state index in [0.29, 0.717) is 0 Å². The Bertz CT molecular complexity index is 412. The summed E-state index contributed by atoms with van der Waals surface area (Å²) in [4.78, 5) is 22.9. The summed E-state index contributed by atoms with van der Waals surface area (Å²) >= 11 is 0. The molecule has 1 aliphatic carbocycles. The lowest BCUT2D eigenvalue weighted by Gasteiger charge is -2.10. The van der Waals surface area contributed by atoms with Gasteiger partial charge in [0.25, 0.3) is 0 Å². The van der Waals surface area contributed by atoms with Gasteiger partial charge in [-0.1, -0.05) is 0 Å². The molecule has 0 radical (unpaired) electrons. The van der Waals surface area contributed by atoms with Crippen molar-refractivity contribution >= 4 is 11.9 Å². The number of hydrogen-bond acceptors (Lipinski definition) is 4. The van der Waals surface area contributed by atoms with E-state index in [0.717, 1.165) is 12.2 Å². The SMILES string of the molecule is COC(=O)[C@@H](C)NC(=O)[C@H]1C[C@H]1c1ccco1. The van der Waals surface area contributed by atoms with Crippen molar-refractivity contribution in [3.63, 3.8) is 0 Å². The quantitative estimate of drug-likeness (QED) is 0.795. The van der Waals surface area contributed by atoms with Gasteiger partial charge in [0.2, 0.25) is 5.91 Å². The molecular weight excluding hydrogens is 222 g/mol. The second-order valence-corrected chi connectivity index (χ2v) is 4.22. The van der Waals surface area contributed by atoms with Crippen molar-refractivity contribution in [3.8, 4) is 0 Å². The number of methoxy groups -OCH3 is 1. The number of furan rings is 1. The van der Waals surface area contributed by atoms with E-state index in [1.807, 2.05) is 6.07 Å². The fourth-order valence-corrected chi connectivity index (χ4v) is 1.86. The van der Waals surface area contributed by atoms with E-state index >= 15 is 0 Å². The number of carbonyl (C=O) groups excluding carboxylic acids is 2. The Morgan fingerprint density at radius 2 is 2.35 bits per heavy atom. The van der Waals surface area contributed by atoms with Gasteiger partial charge >= 0.3 is 5.97 Å². The number of rotatable bonds is 4. The molecule has 0 spiro atoms. The smallest absolute Gasteiger partial charge is 0.328 e. The molecule has 0 aromatic carbocycles. The largest absolute Gasteiger partial charge is 0.469 e. The Morgan fingerprint density at radius 3 is 2.94 bits per heavy atom. The Hall–Kier alpha value is -1.78. The minimum absolute atomic E-state index is 0.0896. The lowest BCUT2D eigenvalue weighted by molar-refractivity contribution is -0.144. The Kier molecular flexibility index (Phi) is 3.17. The van der Waals surface area contributed by atoms with E-state index in [9.17, 15) is 9.59 Å². The van der Waals surface area contributed by atoms with Crippen molar-refractivity contribution in [2.45, 2.75) is 25.3 Å². The van der Waals surface area contributed by atoms with Gasteiger partial charge in [-0.3, -0.25) is 4.79 Å². The summed E-state index contributed by atoms with van der Waals surface area (Å²) in [6.45, 7) is 1.61. The molecule has 92 valence electrons. The molecule has 0 bridgehead atoms. The normalized spacial score (nSPS) is 23.9. The second-order valence-electron chi connectivity index (χ2n) is 4.22. The Balaban J connectivity index is 1.85. The highest BCUT2D eigenvalue weighted by molar-refractivity contribution is 5.87. The van der Waals surface area contributed by atoms with Crippen LogP contribution < -0.4 is 5.32 Å². The highest BCUT2D eigenvalue weighted by atomic mass is 16.5. The van der Waals surface area contributed by atoms with Crippen LogP contribution in [0.4, 0.5) is 0 Å². The third kappa shape index (κ3) is 2.49. The first-order valence-electron chi connectivity index (χ1n) is 5.55. The fourth-order valence-electron chi connectivity index (χ4n) is 1.86. The molecule has 1 aromatic rings. The van der Waals surface area contributed by atoms with Crippen LogP contribution in [-0.4, -0.2) is 25.0 Å². The first-order valence-corrected chi connectivity index (χ1v) is 5.55. The van der Waals surface area contributed by atoms with Crippen molar-refractivity contribution in [1.29, 1.82) is 0 Å². The average molecular weight is 237 g/mol. The maximum Gasteiger partial charge on any atom is 0.328 e. The maximum absolute atomic E-state index is 11.8. The molecule has 5 nitrogen and oxygen atoms in total. The molecule has 1 aliphatic rings.